The van der Waals surface area contributed by atoms with Crippen molar-refractivity contribution in [3.63, 3.8) is 0 Å². The number of β-lactam (4-membered cyclic amide) rings is 1. The van der Waals surface area contributed by atoms with Crippen molar-refractivity contribution >= 4 is 11.9 Å². The summed E-state index contributed by atoms with van der Waals surface area (Å²) < 4.78 is 5.32. The van der Waals surface area contributed by atoms with Crippen LogP contribution < -0.4 is 0 Å². The van der Waals surface area contributed by atoms with Crippen LogP contribution in [0.5, 0.6) is 0 Å². The number of benzene rings is 2. The van der Waals surface area contributed by atoms with Gasteiger partial charge in [-0.15, -0.1) is 0 Å². The minimum absolute atomic E-state index is 0.00878. The highest BCUT2D eigenvalue weighted by Crippen LogP contribution is 2.23. The molecule has 1 saturated heterocycles. The van der Waals surface area contributed by atoms with E-state index in [2.05, 4.69) is 0 Å². The van der Waals surface area contributed by atoms with Crippen LogP contribution in [0.3, 0.4) is 0 Å². The summed E-state index contributed by atoms with van der Waals surface area (Å²) in [5, 5.41) is 0. The molecule has 0 unspecified atom stereocenters. The van der Waals surface area contributed by atoms with E-state index in [-0.39, 0.29) is 24.9 Å². The van der Waals surface area contributed by atoms with Gasteiger partial charge in [-0.2, -0.15) is 0 Å². The Hall–Kier alpha value is -2.62. The molecular formula is C18H17NO3. The minimum atomic E-state index is -0.462. The van der Waals surface area contributed by atoms with E-state index in [4.69, 9.17) is 4.74 Å². The van der Waals surface area contributed by atoms with Gasteiger partial charge in [0.15, 0.2) is 0 Å². The summed E-state index contributed by atoms with van der Waals surface area (Å²) in [5.41, 5.74) is 1.95. The molecule has 0 N–H and O–H groups in total. The molecule has 4 nitrogen and oxygen atoms in total. The third-order valence-corrected chi connectivity index (χ3v) is 3.76. The molecule has 0 aliphatic carbocycles. The summed E-state index contributed by atoms with van der Waals surface area (Å²) in [5.74, 6) is -0.343. The quantitative estimate of drug-likeness (QED) is 0.629. The largest absolute Gasteiger partial charge is 0.459 e. The van der Waals surface area contributed by atoms with Crippen LogP contribution in [0.1, 0.15) is 17.5 Å². The van der Waals surface area contributed by atoms with Crippen molar-refractivity contribution in [2.45, 2.75) is 25.6 Å². The van der Waals surface area contributed by atoms with Gasteiger partial charge in [0.2, 0.25) is 5.91 Å². The highest BCUT2D eigenvalue weighted by molar-refractivity contribution is 5.94. The number of hydrogen-bond donors (Lipinski definition) is 0. The fourth-order valence-corrected chi connectivity index (χ4v) is 2.47. The molecule has 4 heteroatoms. The van der Waals surface area contributed by atoms with Gasteiger partial charge in [-0.1, -0.05) is 60.7 Å². The highest BCUT2D eigenvalue weighted by atomic mass is 16.5. The smallest absolute Gasteiger partial charge is 0.329 e. The lowest BCUT2D eigenvalue weighted by Gasteiger charge is -2.38. The second kappa shape index (κ2) is 6.43. The molecule has 0 spiro atoms. The monoisotopic (exact) mass is 295 g/mol. The number of ether oxygens (including phenoxy) is 1. The molecule has 1 aliphatic rings. The third kappa shape index (κ3) is 3.17. The molecule has 2 aromatic carbocycles. The highest BCUT2D eigenvalue weighted by Gasteiger charge is 2.42. The van der Waals surface area contributed by atoms with Crippen molar-refractivity contribution in [1.29, 1.82) is 0 Å². The van der Waals surface area contributed by atoms with E-state index in [9.17, 15) is 9.59 Å². The summed E-state index contributed by atoms with van der Waals surface area (Å²) in [7, 11) is 0. The van der Waals surface area contributed by atoms with Crippen molar-refractivity contribution in [2.75, 3.05) is 0 Å². The van der Waals surface area contributed by atoms with Crippen LogP contribution in [-0.2, 0) is 27.5 Å². The van der Waals surface area contributed by atoms with Crippen molar-refractivity contribution in [3.8, 4) is 0 Å². The predicted octanol–water partition coefficient (Wildman–Crippen LogP) is 2.53. The van der Waals surface area contributed by atoms with Crippen molar-refractivity contribution in [1.82, 2.24) is 4.90 Å². The van der Waals surface area contributed by atoms with Gasteiger partial charge in [-0.05, 0) is 11.1 Å². The van der Waals surface area contributed by atoms with Crippen LogP contribution in [0.2, 0.25) is 0 Å². The molecule has 0 aromatic heterocycles. The van der Waals surface area contributed by atoms with Gasteiger partial charge in [0.05, 0.1) is 6.42 Å². The van der Waals surface area contributed by atoms with E-state index < -0.39 is 6.04 Å². The molecule has 0 saturated carbocycles. The maximum atomic E-state index is 12.1. The summed E-state index contributed by atoms with van der Waals surface area (Å²) in [4.78, 5) is 25.4. The van der Waals surface area contributed by atoms with E-state index >= 15 is 0 Å². The second-order valence-electron chi connectivity index (χ2n) is 5.32. The first-order valence-electron chi connectivity index (χ1n) is 7.28. The van der Waals surface area contributed by atoms with Gasteiger partial charge in [0, 0.05) is 6.54 Å². The van der Waals surface area contributed by atoms with Gasteiger partial charge in [0.25, 0.3) is 0 Å². The summed E-state index contributed by atoms with van der Waals surface area (Å²) >= 11 is 0. The molecule has 22 heavy (non-hydrogen) atoms. The number of likely N-dealkylation sites (tertiary alicyclic amines) is 1. The van der Waals surface area contributed by atoms with Gasteiger partial charge < -0.3 is 9.64 Å². The van der Waals surface area contributed by atoms with Crippen molar-refractivity contribution in [3.05, 3.63) is 71.8 Å². The maximum Gasteiger partial charge on any atom is 0.329 e. The molecule has 2 aromatic rings. The zero-order valence-electron chi connectivity index (χ0n) is 12.1. The molecule has 1 fully saturated rings. The zero-order valence-corrected chi connectivity index (χ0v) is 12.1. The van der Waals surface area contributed by atoms with Gasteiger partial charge in [-0.25, -0.2) is 4.79 Å². The first-order chi connectivity index (χ1) is 10.7. The topological polar surface area (TPSA) is 46.6 Å². The number of nitrogens with zero attached hydrogens (tertiary/aromatic N) is 1. The van der Waals surface area contributed by atoms with Crippen molar-refractivity contribution in [2.24, 2.45) is 0 Å². The molecule has 1 amide bonds. The Labute approximate surface area is 129 Å². The van der Waals surface area contributed by atoms with Gasteiger partial charge in [0.1, 0.15) is 12.6 Å². The molecule has 3 rings (SSSR count). The fourth-order valence-electron chi connectivity index (χ4n) is 2.47. The van der Waals surface area contributed by atoms with E-state index in [1.54, 1.807) is 4.90 Å². The summed E-state index contributed by atoms with van der Waals surface area (Å²) in [6.07, 6.45) is 0.237. The zero-order chi connectivity index (χ0) is 15.4. The molecule has 1 heterocycles. The Morgan fingerprint density at radius 1 is 1.00 bits per heavy atom. The Morgan fingerprint density at radius 3 is 2.18 bits per heavy atom. The first-order valence-corrected chi connectivity index (χ1v) is 7.28. The Kier molecular flexibility index (Phi) is 4.19. The van der Waals surface area contributed by atoms with Crippen molar-refractivity contribution < 1.29 is 14.3 Å². The standard InChI is InChI=1S/C18H17NO3/c20-17-11-16(19(17)12-14-7-3-1-4-8-14)18(21)22-13-15-9-5-2-6-10-15/h1-10,16H,11-13H2/t16-/m0/s1. The summed E-state index contributed by atoms with van der Waals surface area (Å²) in [6, 6.07) is 18.7. The second-order valence-corrected chi connectivity index (χ2v) is 5.32. The Morgan fingerprint density at radius 2 is 1.59 bits per heavy atom. The Bertz CT molecular complexity index is 655. The molecular weight excluding hydrogens is 278 g/mol. The number of hydrogen-bond acceptors (Lipinski definition) is 3. The van der Waals surface area contributed by atoms with Crippen LogP contribution in [0.25, 0.3) is 0 Å². The molecule has 0 radical (unpaired) electrons. The van der Waals surface area contributed by atoms with Crippen LogP contribution in [0.4, 0.5) is 0 Å². The first kappa shape index (κ1) is 14.3. The van der Waals surface area contributed by atoms with Crippen LogP contribution in [0.15, 0.2) is 60.7 Å². The molecule has 112 valence electrons. The fraction of sp³-hybridized carbons (Fsp3) is 0.222. The number of rotatable bonds is 5. The number of carbonyl (C=O) groups excluding carboxylic acids is 2. The molecule has 1 atom stereocenters. The van der Waals surface area contributed by atoms with Crippen LogP contribution in [-0.4, -0.2) is 22.8 Å². The van der Waals surface area contributed by atoms with Gasteiger partial charge >= 0.3 is 5.97 Å². The number of carbonyl (C=O) groups is 2. The van der Waals surface area contributed by atoms with Gasteiger partial charge in [-0.3, -0.25) is 4.79 Å². The predicted molar refractivity (Wildman–Crippen MR) is 81.6 cm³/mol. The Balaban J connectivity index is 1.57. The van der Waals surface area contributed by atoms with Crippen LogP contribution in [0, 0.1) is 0 Å². The van der Waals surface area contributed by atoms with E-state index in [1.807, 2.05) is 60.7 Å². The average Bonchev–Trinajstić information content (AvgIpc) is 2.57. The van der Waals surface area contributed by atoms with Crippen LogP contribution >= 0.6 is 0 Å². The van der Waals surface area contributed by atoms with E-state index in [0.717, 1.165) is 11.1 Å². The van der Waals surface area contributed by atoms with E-state index in [0.29, 0.717) is 6.54 Å². The molecule has 0 bridgehead atoms. The lowest BCUT2D eigenvalue weighted by atomic mass is 10.0. The lowest BCUT2D eigenvalue weighted by molar-refractivity contribution is -0.167. The third-order valence-electron chi connectivity index (χ3n) is 3.76. The average molecular weight is 295 g/mol. The SMILES string of the molecule is O=C(OCc1ccccc1)[C@@H]1CC(=O)N1Cc1ccccc1. The number of amides is 1. The summed E-state index contributed by atoms with van der Waals surface area (Å²) in [6.45, 7) is 0.689. The molecule has 1 aliphatic heterocycles. The number of esters is 1. The minimum Gasteiger partial charge on any atom is -0.459 e. The van der Waals surface area contributed by atoms with E-state index in [1.165, 1.54) is 0 Å². The lowest BCUT2D eigenvalue weighted by Crippen LogP contribution is -2.56. The normalized spacial score (nSPS) is 17.0. The maximum absolute atomic E-state index is 12.1.